The summed E-state index contributed by atoms with van der Waals surface area (Å²) in [5.74, 6) is 0.900. The Morgan fingerprint density at radius 2 is 1.89 bits per heavy atom. The summed E-state index contributed by atoms with van der Waals surface area (Å²) in [4.78, 5) is 20.7. The fraction of sp³-hybridized carbons (Fsp3) is 0.882. The molecule has 9 nitrogen and oxygen atoms in total. The molecular weight excluding hydrogens is 497 g/mol. The van der Waals surface area contributed by atoms with Gasteiger partial charge in [-0.15, -0.1) is 24.0 Å². The van der Waals surface area contributed by atoms with Crippen molar-refractivity contribution in [2.45, 2.75) is 32.3 Å². The van der Waals surface area contributed by atoms with Crippen LogP contribution in [0.15, 0.2) is 4.99 Å². The molecule has 28 heavy (non-hydrogen) atoms. The minimum atomic E-state index is -3.15. The summed E-state index contributed by atoms with van der Waals surface area (Å²) in [6.45, 7) is 6.91. The standard InChI is InChI=1S/C17H33N5O4S.HI/c1-4-22(27(3,24)25)9-6-8-19-17(18-2)21-12-10-20(11-13-21)16(23)15-7-5-14-26-15;/h15H,4-14H2,1-3H3,(H,18,19);1H. The third-order valence-electron chi connectivity index (χ3n) is 5.00. The summed E-state index contributed by atoms with van der Waals surface area (Å²) in [6.07, 6.45) is 3.47. The second-order valence-electron chi connectivity index (χ2n) is 6.90. The largest absolute Gasteiger partial charge is 0.368 e. The highest BCUT2D eigenvalue weighted by molar-refractivity contribution is 14.0. The minimum absolute atomic E-state index is 0. The molecule has 1 unspecified atom stereocenters. The van der Waals surface area contributed by atoms with E-state index in [1.807, 2.05) is 11.8 Å². The number of carbonyl (C=O) groups excluding carboxylic acids is 1. The van der Waals surface area contributed by atoms with Crippen molar-refractivity contribution >= 4 is 45.9 Å². The predicted molar refractivity (Wildman–Crippen MR) is 121 cm³/mol. The SMILES string of the molecule is CCN(CCCNC(=NC)N1CCN(C(=O)C2CCCO2)CC1)S(C)(=O)=O.I. The molecule has 2 fully saturated rings. The van der Waals surface area contributed by atoms with Crippen LogP contribution in [0.4, 0.5) is 0 Å². The Morgan fingerprint density at radius 3 is 2.39 bits per heavy atom. The molecule has 0 spiro atoms. The number of ether oxygens (including phenoxy) is 1. The van der Waals surface area contributed by atoms with Gasteiger partial charge in [0.05, 0.1) is 6.26 Å². The Bertz CT molecular complexity index is 617. The molecule has 0 bridgehead atoms. The number of hydrogen-bond acceptors (Lipinski definition) is 5. The van der Waals surface area contributed by atoms with Crippen LogP contribution in [0.5, 0.6) is 0 Å². The third kappa shape index (κ3) is 7.30. The number of nitrogens with zero attached hydrogens (tertiary/aromatic N) is 4. The van der Waals surface area contributed by atoms with Crippen molar-refractivity contribution in [3.05, 3.63) is 0 Å². The maximum atomic E-state index is 12.4. The molecule has 0 radical (unpaired) electrons. The van der Waals surface area contributed by atoms with Crippen LogP contribution in [0.3, 0.4) is 0 Å². The van der Waals surface area contributed by atoms with E-state index in [0.717, 1.165) is 31.9 Å². The van der Waals surface area contributed by atoms with Crippen molar-refractivity contribution in [1.29, 1.82) is 0 Å². The molecule has 2 rings (SSSR count). The van der Waals surface area contributed by atoms with Gasteiger partial charge in [0.25, 0.3) is 5.91 Å². The van der Waals surface area contributed by atoms with Gasteiger partial charge >= 0.3 is 0 Å². The van der Waals surface area contributed by atoms with Gasteiger partial charge in [0.15, 0.2) is 5.96 Å². The molecule has 2 aliphatic heterocycles. The first-order valence-corrected chi connectivity index (χ1v) is 11.5. The van der Waals surface area contributed by atoms with Crippen molar-refractivity contribution in [3.63, 3.8) is 0 Å². The van der Waals surface area contributed by atoms with Gasteiger partial charge in [-0.05, 0) is 19.3 Å². The van der Waals surface area contributed by atoms with Crippen LogP contribution in [0.1, 0.15) is 26.2 Å². The van der Waals surface area contributed by atoms with E-state index in [-0.39, 0.29) is 36.0 Å². The molecule has 1 amide bonds. The minimum Gasteiger partial charge on any atom is -0.368 e. The molecule has 2 heterocycles. The topological polar surface area (TPSA) is 94.5 Å². The quantitative estimate of drug-likeness (QED) is 0.218. The number of nitrogens with one attached hydrogen (secondary N) is 1. The van der Waals surface area contributed by atoms with Crippen molar-refractivity contribution in [2.75, 3.05) is 65.7 Å². The van der Waals surface area contributed by atoms with Crippen LogP contribution < -0.4 is 5.32 Å². The highest BCUT2D eigenvalue weighted by atomic mass is 127. The zero-order valence-corrected chi connectivity index (χ0v) is 20.2. The number of hydrogen-bond donors (Lipinski definition) is 1. The molecule has 2 saturated heterocycles. The van der Waals surface area contributed by atoms with Gasteiger partial charge in [0, 0.05) is 59.5 Å². The maximum Gasteiger partial charge on any atom is 0.251 e. The highest BCUT2D eigenvalue weighted by Crippen LogP contribution is 2.16. The normalized spacial score (nSPS) is 21.0. The van der Waals surface area contributed by atoms with E-state index in [9.17, 15) is 13.2 Å². The van der Waals surface area contributed by atoms with Crippen LogP contribution in [0.25, 0.3) is 0 Å². The Hall–Kier alpha value is -0.660. The monoisotopic (exact) mass is 531 g/mol. The fourth-order valence-electron chi connectivity index (χ4n) is 3.46. The molecule has 164 valence electrons. The van der Waals surface area contributed by atoms with E-state index in [1.54, 1.807) is 7.05 Å². The summed E-state index contributed by atoms with van der Waals surface area (Å²) in [7, 11) is -1.41. The average Bonchev–Trinajstić information content (AvgIpc) is 3.18. The summed E-state index contributed by atoms with van der Waals surface area (Å²) in [6, 6.07) is 0. The lowest BCUT2D eigenvalue weighted by Crippen LogP contribution is -2.55. The fourth-order valence-corrected chi connectivity index (χ4v) is 4.39. The molecule has 0 saturated carbocycles. The van der Waals surface area contributed by atoms with Gasteiger partial charge in [0.1, 0.15) is 6.10 Å². The lowest BCUT2D eigenvalue weighted by atomic mass is 10.2. The van der Waals surface area contributed by atoms with Crippen molar-refractivity contribution < 1.29 is 17.9 Å². The van der Waals surface area contributed by atoms with Gasteiger partial charge in [-0.2, -0.15) is 0 Å². The highest BCUT2D eigenvalue weighted by Gasteiger charge is 2.30. The van der Waals surface area contributed by atoms with Crippen LogP contribution in [-0.2, 0) is 19.6 Å². The second-order valence-corrected chi connectivity index (χ2v) is 8.88. The summed E-state index contributed by atoms with van der Waals surface area (Å²) < 4.78 is 30.2. The number of carbonyl (C=O) groups is 1. The Morgan fingerprint density at radius 1 is 1.25 bits per heavy atom. The van der Waals surface area contributed by atoms with Crippen LogP contribution in [0.2, 0.25) is 0 Å². The third-order valence-corrected chi connectivity index (χ3v) is 6.38. The first-order chi connectivity index (χ1) is 12.9. The van der Waals surface area contributed by atoms with E-state index >= 15 is 0 Å². The van der Waals surface area contributed by atoms with Crippen LogP contribution in [-0.4, -0.2) is 106 Å². The van der Waals surface area contributed by atoms with Gasteiger partial charge < -0.3 is 19.9 Å². The Labute approximate surface area is 185 Å². The average molecular weight is 531 g/mol. The first kappa shape index (κ1) is 25.4. The molecule has 2 aliphatic rings. The predicted octanol–water partition coefficient (Wildman–Crippen LogP) is 0.175. The van der Waals surface area contributed by atoms with E-state index < -0.39 is 10.0 Å². The summed E-state index contributed by atoms with van der Waals surface area (Å²) in [5.41, 5.74) is 0. The number of guanidine groups is 1. The van der Waals surface area contributed by atoms with Gasteiger partial charge in [0.2, 0.25) is 10.0 Å². The number of sulfonamides is 1. The van der Waals surface area contributed by atoms with Gasteiger partial charge in [-0.1, -0.05) is 6.92 Å². The number of halogens is 1. The molecule has 1 atom stereocenters. The zero-order valence-electron chi connectivity index (χ0n) is 17.1. The molecule has 0 aromatic rings. The van der Waals surface area contributed by atoms with Crippen LogP contribution >= 0.6 is 24.0 Å². The molecular formula is C17H34IN5O4S. The number of amides is 1. The van der Waals surface area contributed by atoms with E-state index in [4.69, 9.17) is 4.74 Å². The molecule has 0 aromatic heterocycles. The van der Waals surface area contributed by atoms with Crippen molar-refractivity contribution in [1.82, 2.24) is 19.4 Å². The second kappa shape index (κ2) is 12.1. The lowest BCUT2D eigenvalue weighted by Gasteiger charge is -2.37. The Kier molecular flexibility index (Phi) is 11.0. The molecule has 11 heteroatoms. The van der Waals surface area contributed by atoms with E-state index in [2.05, 4.69) is 15.2 Å². The van der Waals surface area contributed by atoms with Gasteiger partial charge in [-0.25, -0.2) is 12.7 Å². The number of aliphatic imine (C=N–C) groups is 1. The summed E-state index contributed by atoms with van der Waals surface area (Å²) in [5, 5.41) is 3.30. The zero-order chi connectivity index (χ0) is 19.9. The van der Waals surface area contributed by atoms with E-state index in [0.29, 0.717) is 45.8 Å². The van der Waals surface area contributed by atoms with Crippen molar-refractivity contribution in [2.24, 2.45) is 4.99 Å². The molecule has 0 aliphatic carbocycles. The van der Waals surface area contributed by atoms with Gasteiger partial charge in [-0.3, -0.25) is 9.79 Å². The van der Waals surface area contributed by atoms with Crippen LogP contribution in [0, 0.1) is 0 Å². The molecule has 1 N–H and O–H groups in total. The summed E-state index contributed by atoms with van der Waals surface area (Å²) >= 11 is 0. The van der Waals surface area contributed by atoms with Crippen molar-refractivity contribution in [3.8, 4) is 0 Å². The lowest BCUT2D eigenvalue weighted by molar-refractivity contribution is -0.142. The maximum absolute atomic E-state index is 12.4. The Balaban J connectivity index is 0.00000392. The number of piperazine rings is 1. The smallest absolute Gasteiger partial charge is 0.251 e. The molecule has 0 aromatic carbocycles. The first-order valence-electron chi connectivity index (χ1n) is 9.68. The van der Waals surface area contributed by atoms with E-state index in [1.165, 1.54) is 10.6 Å². The number of rotatable bonds is 7.